The maximum atomic E-state index is 14.4. The van der Waals surface area contributed by atoms with Gasteiger partial charge in [-0.15, -0.1) is 0 Å². The summed E-state index contributed by atoms with van der Waals surface area (Å²) >= 11 is 0. The highest BCUT2D eigenvalue weighted by molar-refractivity contribution is 6.08. The first-order chi connectivity index (χ1) is 16.9. The van der Waals surface area contributed by atoms with E-state index in [-0.39, 0.29) is 23.0 Å². The molecular weight excluding hydrogens is 455 g/mol. The van der Waals surface area contributed by atoms with Gasteiger partial charge >= 0.3 is 0 Å². The Labute approximate surface area is 198 Å². The first-order valence-electron chi connectivity index (χ1n) is 11.0. The van der Waals surface area contributed by atoms with Crippen LogP contribution in [0.5, 0.6) is 5.75 Å². The minimum atomic E-state index is -0.548. The fourth-order valence-corrected chi connectivity index (χ4v) is 4.25. The molecule has 3 aromatic heterocycles. The number of benzene rings is 1. The summed E-state index contributed by atoms with van der Waals surface area (Å²) in [4.78, 5) is 40.4. The number of hydrogen-bond acceptors (Lipinski definition) is 7. The van der Waals surface area contributed by atoms with Gasteiger partial charge in [-0.25, -0.2) is 14.4 Å². The van der Waals surface area contributed by atoms with E-state index in [1.54, 1.807) is 31.3 Å². The van der Waals surface area contributed by atoms with Crippen molar-refractivity contribution in [2.75, 3.05) is 26.1 Å². The summed E-state index contributed by atoms with van der Waals surface area (Å²) in [6.07, 6.45) is 1.57. The predicted octanol–water partition coefficient (Wildman–Crippen LogP) is 3.20. The minimum Gasteiger partial charge on any atom is -0.492 e. The summed E-state index contributed by atoms with van der Waals surface area (Å²) in [6, 6.07) is 6.23. The number of methoxy groups -OCH3 is 2. The van der Waals surface area contributed by atoms with Crippen LogP contribution >= 0.6 is 0 Å². The fraction of sp³-hybridized carbons (Fsp3) is 0.250. The standard InChI is InChI=1S/C24H23FN6O4/c1-11(34-2)17-24(33)31-22-19(30-17)12(7-9-26-22)18-20(16-14(28-18)8-10-27-23(16)32)29-15-6-4-5-13(25)21(15)35-3/h4-7,9,11,28-29H,8,10H2,1-3H3,(H,27,32)(H,26,31,33)/t11-/m1/s1. The third-order valence-electron chi connectivity index (χ3n) is 6.03. The van der Waals surface area contributed by atoms with Crippen molar-refractivity contribution in [1.82, 2.24) is 25.3 Å². The zero-order valence-corrected chi connectivity index (χ0v) is 19.3. The van der Waals surface area contributed by atoms with Gasteiger partial charge in [-0.3, -0.25) is 9.59 Å². The average Bonchev–Trinajstić information content (AvgIpc) is 3.22. The van der Waals surface area contributed by atoms with Crippen molar-refractivity contribution in [2.24, 2.45) is 0 Å². The number of aromatic amines is 2. The summed E-state index contributed by atoms with van der Waals surface area (Å²) < 4.78 is 25.0. The number of nitrogens with zero attached hydrogens (tertiary/aromatic N) is 2. The molecule has 0 unspecified atom stereocenters. The number of carbonyl (C=O) groups excluding carboxylic acids is 1. The molecule has 1 aromatic carbocycles. The topological polar surface area (TPSA) is 134 Å². The molecule has 5 rings (SSSR count). The second-order valence-corrected chi connectivity index (χ2v) is 8.06. The molecule has 0 spiro atoms. The highest BCUT2D eigenvalue weighted by atomic mass is 19.1. The van der Waals surface area contributed by atoms with Gasteiger partial charge in [0.15, 0.2) is 17.2 Å². The molecule has 11 heteroatoms. The van der Waals surface area contributed by atoms with Crippen LogP contribution in [0.1, 0.15) is 34.8 Å². The Morgan fingerprint density at radius 1 is 1.17 bits per heavy atom. The Morgan fingerprint density at radius 3 is 2.77 bits per heavy atom. The number of hydrogen-bond donors (Lipinski definition) is 4. The van der Waals surface area contributed by atoms with Crippen LogP contribution in [0.15, 0.2) is 35.3 Å². The largest absolute Gasteiger partial charge is 0.492 e. The van der Waals surface area contributed by atoms with Crippen LogP contribution in [0.4, 0.5) is 15.8 Å². The predicted molar refractivity (Wildman–Crippen MR) is 128 cm³/mol. The summed E-state index contributed by atoms with van der Waals surface area (Å²) in [5.41, 5.74) is 3.56. The first kappa shape index (κ1) is 22.5. The lowest BCUT2D eigenvalue weighted by molar-refractivity contribution is 0.0947. The van der Waals surface area contributed by atoms with E-state index < -0.39 is 17.5 Å². The molecule has 1 aliphatic rings. The number of carbonyl (C=O) groups is 1. The molecule has 0 aliphatic carbocycles. The Morgan fingerprint density at radius 2 is 2.00 bits per heavy atom. The second kappa shape index (κ2) is 8.84. The Hall–Kier alpha value is -4.25. The fourth-order valence-electron chi connectivity index (χ4n) is 4.25. The number of amides is 1. The van der Waals surface area contributed by atoms with Crippen molar-refractivity contribution in [3.8, 4) is 17.0 Å². The van der Waals surface area contributed by atoms with Crippen LogP contribution < -0.4 is 20.9 Å². The maximum Gasteiger partial charge on any atom is 0.274 e. The monoisotopic (exact) mass is 478 g/mol. The van der Waals surface area contributed by atoms with Gasteiger partial charge in [-0.2, -0.15) is 0 Å². The van der Waals surface area contributed by atoms with Crippen LogP contribution in [0, 0.1) is 5.82 Å². The van der Waals surface area contributed by atoms with Gasteiger partial charge in [0.05, 0.1) is 29.7 Å². The van der Waals surface area contributed by atoms with Crippen molar-refractivity contribution in [2.45, 2.75) is 19.4 Å². The van der Waals surface area contributed by atoms with Gasteiger partial charge in [0.25, 0.3) is 11.5 Å². The zero-order chi connectivity index (χ0) is 24.7. The normalized spacial score (nSPS) is 13.9. The molecule has 0 radical (unpaired) electrons. The molecule has 4 aromatic rings. The number of fused-ring (bicyclic) bond motifs is 2. The van der Waals surface area contributed by atoms with E-state index in [2.05, 4.69) is 30.6 Å². The highest BCUT2D eigenvalue weighted by Gasteiger charge is 2.29. The molecule has 0 bridgehead atoms. The lowest BCUT2D eigenvalue weighted by Crippen LogP contribution is -2.31. The molecule has 35 heavy (non-hydrogen) atoms. The maximum absolute atomic E-state index is 14.4. The molecule has 180 valence electrons. The summed E-state index contributed by atoms with van der Waals surface area (Å²) in [6.45, 7) is 2.20. The smallest absolute Gasteiger partial charge is 0.274 e. The lowest BCUT2D eigenvalue weighted by atomic mass is 10.0. The number of halogens is 1. The number of pyridine rings is 1. The Bertz CT molecular complexity index is 1510. The van der Waals surface area contributed by atoms with E-state index in [9.17, 15) is 14.0 Å². The Balaban J connectivity index is 1.77. The third kappa shape index (κ3) is 3.79. The molecule has 10 nitrogen and oxygen atoms in total. The van der Waals surface area contributed by atoms with E-state index in [1.165, 1.54) is 20.3 Å². The minimum absolute atomic E-state index is 0.0165. The van der Waals surface area contributed by atoms with E-state index >= 15 is 0 Å². The molecule has 4 heterocycles. The van der Waals surface area contributed by atoms with Gasteiger partial charge in [0, 0.05) is 37.5 Å². The van der Waals surface area contributed by atoms with Crippen LogP contribution in [0.3, 0.4) is 0 Å². The van der Waals surface area contributed by atoms with Crippen molar-refractivity contribution < 1.29 is 18.7 Å². The Kier molecular flexibility index (Phi) is 5.69. The van der Waals surface area contributed by atoms with Crippen molar-refractivity contribution in [1.29, 1.82) is 0 Å². The molecule has 1 atom stereocenters. The molecule has 0 saturated heterocycles. The molecule has 4 N–H and O–H groups in total. The molecular formula is C24H23FN6O4. The number of para-hydroxylation sites is 1. The SMILES string of the molecule is COc1c(F)cccc1Nc1c(-c2ccnc3[nH]c(=O)c([C@@H](C)OC)nc23)[nH]c2c1C(=O)NCC2. The average molecular weight is 478 g/mol. The molecule has 0 fully saturated rings. The van der Waals surface area contributed by atoms with Gasteiger partial charge in [0.1, 0.15) is 17.3 Å². The van der Waals surface area contributed by atoms with E-state index in [4.69, 9.17) is 9.47 Å². The van der Waals surface area contributed by atoms with Gasteiger partial charge in [-0.05, 0) is 25.1 Å². The van der Waals surface area contributed by atoms with E-state index in [1.807, 2.05) is 0 Å². The van der Waals surface area contributed by atoms with Gasteiger partial charge in [-0.1, -0.05) is 6.07 Å². The van der Waals surface area contributed by atoms with Crippen molar-refractivity contribution >= 4 is 28.4 Å². The van der Waals surface area contributed by atoms with Crippen molar-refractivity contribution in [3.05, 3.63) is 63.6 Å². The quantitative estimate of drug-likeness (QED) is 0.334. The summed E-state index contributed by atoms with van der Waals surface area (Å²) in [5, 5.41) is 6.04. The zero-order valence-electron chi connectivity index (χ0n) is 19.3. The highest BCUT2D eigenvalue weighted by Crippen LogP contribution is 2.40. The van der Waals surface area contributed by atoms with Crippen LogP contribution in [-0.4, -0.2) is 46.6 Å². The number of rotatable bonds is 6. The number of anilines is 2. The third-order valence-corrected chi connectivity index (χ3v) is 6.03. The summed E-state index contributed by atoms with van der Waals surface area (Å²) in [7, 11) is 2.87. The number of aromatic nitrogens is 4. The molecule has 1 aliphatic heterocycles. The molecule has 0 saturated carbocycles. The van der Waals surface area contributed by atoms with Crippen LogP contribution in [-0.2, 0) is 11.2 Å². The van der Waals surface area contributed by atoms with Crippen molar-refractivity contribution in [3.63, 3.8) is 0 Å². The van der Waals surface area contributed by atoms with Crippen LogP contribution in [0.25, 0.3) is 22.4 Å². The van der Waals surface area contributed by atoms with Crippen LogP contribution in [0.2, 0.25) is 0 Å². The second-order valence-electron chi connectivity index (χ2n) is 8.06. The van der Waals surface area contributed by atoms with E-state index in [0.29, 0.717) is 46.7 Å². The first-order valence-corrected chi connectivity index (χ1v) is 11.0. The molecule has 1 amide bonds. The lowest BCUT2D eigenvalue weighted by Gasteiger charge is -2.17. The van der Waals surface area contributed by atoms with Gasteiger partial charge in [0.2, 0.25) is 0 Å². The van der Waals surface area contributed by atoms with E-state index in [0.717, 1.165) is 5.69 Å². The number of nitrogens with one attached hydrogen (secondary N) is 4. The number of H-pyrrole nitrogens is 2. The number of ether oxygens (including phenoxy) is 2. The summed E-state index contributed by atoms with van der Waals surface area (Å²) in [5.74, 6) is -0.789. The van der Waals surface area contributed by atoms with Gasteiger partial charge < -0.3 is 30.1 Å².